The minimum absolute atomic E-state index is 0.0388. The van der Waals surface area contributed by atoms with Crippen LogP contribution >= 0.6 is 0 Å². The first-order valence-electron chi connectivity index (χ1n) is 22.0. The maximum atomic E-state index is 13.2. The molecule has 0 amide bonds. The first kappa shape index (κ1) is 42.8. The second-order valence-electron chi connectivity index (χ2n) is 15.5. The van der Waals surface area contributed by atoms with Gasteiger partial charge in [0.15, 0.2) is 0 Å². The van der Waals surface area contributed by atoms with Crippen LogP contribution in [0.3, 0.4) is 0 Å². The number of fused-ring (bicyclic) bond motifs is 1. The number of aromatic nitrogens is 2. The maximum Gasteiger partial charge on any atom is 0.277 e. The molecule has 0 aliphatic rings. The molecule has 3 rings (SSSR count). The lowest BCUT2D eigenvalue weighted by Crippen LogP contribution is -2.26. The van der Waals surface area contributed by atoms with Crippen molar-refractivity contribution in [1.29, 1.82) is 0 Å². The monoisotopic (exact) mass is 700 g/mol. The summed E-state index contributed by atoms with van der Waals surface area (Å²) in [6.07, 6.45) is 38.9. The highest BCUT2D eigenvalue weighted by molar-refractivity contribution is 5.81. The molecule has 0 bridgehead atoms. The third kappa shape index (κ3) is 17.6. The third-order valence-corrected chi connectivity index (χ3v) is 10.9. The van der Waals surface area contributed by atoms with Gasteiger partial charge in [-0.25, -0.2) is 4.98 Å². The molecule has 0 saturated heterocycles. The van der Waals surface area contributed by atoms with Crippen molar-refractivity contribution >= 4 is 16.7 Å². The number of rotatable bonds is 32. The van der Waals surface area contributed by atoms with E-state index in [1.807, 2.05) is 41.8 Å². The smallest absolute Gasteiger partial charge is 0.277 e. The molecular formula is C47H77N3O. The zero-order valence-electron chi connectivity index (χ0n) is 33.6. The number of para-hydroxylation sites is 1. The van der Waals surface area contributed by atoms with Gasteiger partial charge in [0.25, 0.3) is 5.56 Å². The van der Waals surface area contributed by atoms with Gasteiger partial charge in [-0.1, -0.05) is 199 Å². The van der Waals surface area contributed by atoms with Crippen LogP contribution in [-0.2, 0) is 0 Å². The molecule has 4 nitrogen and oxygen atoms in total. The van der Waals surface area contributed by atoms with Gasteiger partial charge in [0.1, 0.15) is 5.69 Å². The summed E-state index contributed by atoms with van der Waals surface area (Å²) in [6.45, 7) is 8.63. The van der Waals surface area contributed by atoms with E-state index in [2.05, 4.69) is 36.9 Å². The average molecular weight is 700 g/mol. The van der Waals surface area contributed by atoms with Gasteiger partial charge in [0, 0.05) is 24.5 Å². The first-order valence-corrected chi connectivity index (χ1v) is 22.0. The van der Waals surface area contributed by atoms with E-state index in [1.54, 1.807) is 0 Å². The summed E-state index contributed by atoms with van der Waals surface area (Å²) in [5.41, 5.74) is 4.44. The number of hydrogen-bond donors (Lipinski definition) is 0. The van der Waals surface area contributed by atoms with Crippen molar-refractivity contribution in [1.82, 2.24) is 9.55 Å². The molecule has 0 unspecified atom stereocenters. The number of unbranched alkanes of at least 4 members (excludes halogenated alkanes) is 26. The van der Waals surface area contributed by atoms with Crippen LogP contribution in [0.2, 0.25) is 0 Å². The van der Waals surface area contributed by atoms with Gasteiger partial charge in [-0.2, -0.15) is 0 Å². The highest BCUT2D eigenvalue weighted by Crippen LogP contribution is 2.24. The first-order chi connectivity index (χ1) is 25.2. The number of benzene rings is 2. The van der Waals surface area contributed by atoms with Gasteiger partial charge >= 0.3 is 0 Å². The van der Waals surface area contributed by atoms with Crippen molar-refractivity contribution < 1.29 is 0 Å². The summed E-state index contributed by atoms with van der Waals surface area (Å²) in [7, 11) is 0. The molecule has 286 valence electrons. The largest absolute Gasteiger partial charge is 0.371 e. The number of nitrogens with zero attached hydrogens (tertiary/aromatic N) is 3. The van der Waals surface area contributed by atoms with Crippen molar-refractivity contribution in [3.05, 3.63) is 64.6 Å². The van der Waals surface area contributed by atoms with Crippen molar-refractivity contribution in [2.45, 2.75) is 201 Å². The summed E-state index contributed by atoms with van der Waals surface area (Å²) in [6, 6.07) is 16.6. The van der Waals surface area contributed by atoms with Crippen LogP contribution in [0.5, 0.6) is 0 Å². The fraction of sp³-hybridized carbons (Fsp3) is 0.702. The molecular weight excluding hydrogens is 623 g/mol. The van der Waals surface area contributed by atoms with Crippen molar-refractivity contribution in [3.8, 4) is 5.69 Å². The molecule has 4 heteroatoms. The molecule has 2 aromatic carbocycles. The molecule has 0 radical (unpaired) electrons. The van der Waals surface area contributed by atoms with Gasteiger partial charge in [-0.3, -0.25) is 9.36 Å². The van der Waals surface area contributed by atoms with Gasteiger partial charge in [0.2, 0.25) is 0 Å². The van der Waals surface area contributed by atoms with Crippen LogP contribution in [0.4, 0.5) is 5.69 Å². The minimum atomic E-state index is -0.0388. The van der Waals surface area contributed by atoms with Gasteiger partial charge in [-0.05, 0) is 50.1 Å². The molecule has 1 aromatic heterocycles. The van der Waals surface area contributed by atoms with E-state index in [4.69, 9.17) is 4.98 Å². The molecule has 0 N–H and O–H groups in total. The van der Waals surface area contributed by atoms with Crippen LogP contribution in [-0.4, -0.2) is 22.6 Å². The Balaban J connectivity index is 1.45. The molecule has 3 aromatic rings. The predicted molar refractivity (Wildman–Crippen MR) is 225 cm³/mol. The van der Waals surface area contributed by atoms with Crippen molar-refractivity contribution in [2.24, 2.45) is 0 Å². The third-order valence-electron chi connectivity index (χ3n) is 10.9. The van der Waals surface area contributed by atoms with E-state index < -0.39 is 0 Å². The number of aryl methyl sites for hydroxylation is 1. The van der Waals surface area contributed by atoms with E-state index in [1.165, 1.54) is 185 Å². The Labute approximate surface area is 314 Å². The Morgan fingerprint density at radius 3 is 1.31 bits per heavy atom. The summed E-state index contributed by atoms with van der Waals surface area (Å²) < 4.78 is 1.83. The van der Waals surface area contributed by atoms with E-state index in [-0.39, 0.29) is 5.56 Å². The average Bonchev–Trinajstić information content (AvgIpc) is 3.15. The van der Waals surface area contributed by atoms with E-state index >= 15 is 0 Å². The quantitative estimate of drug-likeness (QED) is 0.0609. The zero-order valence-corrected chi connectivity index (χ0v) is 33.6. The van der Waals surface area contributed by atoms with Crippen LogP contribution in [0.25, 0.3) is 16.7 Å². The summed E-state index contributed by atoms with van der Waals surface area (Å²) >= 11 is 0. The minimum Gasteiger partial charge on any atom is -0.371 e. The molecule has 0 saturated carbocycles. The van der Waals surface area contributed by atoms with E-state index in [0.717, 1.165) is 29.8 Å². The lowest BCUT2D eigenvalue weighted by Gasteiger charge is -2.26. The van der Waals surface area contributed by atoms with Crippen molar-refractivity contribution in [2.75, 3.05) is 18.0 Å². The predicted octanol–water partition coefficient (Wildman–Crippen LogP) is 14.5. The van der Waals surface area contributed by atoms with Gasteiger partial charge < -0.3 is 4.90 Å². The Hall–Kier alpha value is -2.62. The fourth-order valence-electron chi connectivity index (χ4n) is 7.68. The zero-order chi connectivity index (χ0) is 36.2. The van der Waals surface area contributed by atoms with E-state index in [9.17, 15) is 4.79 Å². The molecule has 51 heavy (non-hydrogen) atoms. The summed E-state index contributed by atoms with van der Waals surface area (Å²) in [5.74, 6) is 0. The van der Waals surface area contributed by atoms with Crippen LogP contribution < -0.4 is 10.5 Å². The topological polar surface area (TPSA) is 38.1 Å². The number of hydrogen-bond acceptors (Lipinski definition) is 3. The summed E-state index contributed by atoms with van der Waals surface area (Å²) in [5, 5.41) is 0. The van der Waals surface area contributed by atoms with Crippen molar-refractivity contribution in [3.63, 3.8) is 0 Å². The molecule has 0 aliphatic heterocycles. The second kappa shape index (κ2) is 28.0. The molecule has 1 heterocycles. The van der Waals surface area contributed by atoms with E-state index in [0.29, 0.717) is 5.69 Å². The Kier molecular flexibility index (Phi) is 23.5. The van der Waals surface area contributed by atoms with Crippen LogP contribution in [0.1, 0.15) is 199 Å². The lowest BCUT2D eigenvalue weighted by atomic mass is 10.0. The van der Waals surface area contributed by atoms with Crippen LogP contribution in [0.15, 0.2) is 53.3 Å². The number of anilines is 1. The standard InChI is InChI=1S/C47H77N3O/c1-4-6-8-10-12-14-16-18-20-22-24-26-28-33-39-49(40-34-29-27-25-23-21-19-17-15-13-11-9-7-5-2)44-37-38-46-45(41-44)48-42(3)47(51)50(46)43-35-31-30-32-36-43/h30-32,35-38,41H,4-29,33-34,39-40H2,1-3H3. The highest BCUT2D eigenvalue weighted by atomic mass is 16.1. The Bertz CT molecular complexity index is 1300. The molecule has 0 fully saturated rings. The molecule has 0 aliphatic carbocycles. The van der Waals surface area contributed by atoms with Gasteiger partial charge in [-0.15, -0.1) is 0 Å². The molecule has 0 atom stereocenters. The normalized spacial score (nSPS) is 11.5. The van der Waals surface area contributed by atoms with Gasteiger partial charge in [0.05, 0.1) is 11.0 Å². The fourth-order valence-corrected chi connectivity index (χ4v) is 7.68. The SMILES string of the molecule is CCCCCCCCCCCCCCCCN(CCCCCCCCCCCCCCCC)c1ccc2c(c1)nc(C)c(=O)n2-c1ccccc1. The highest BCUT2D eigenvalue weighted by Gasteiger charge is 2.13. The lowest BCUT2D eigenvalue weighted by molar-refractivity contribution is 0.529. The second-order valence-corrected chi connectivity index (χ2v) is 15.5. The Morgan fingerprint density at radius 2 is 0.902 bits per heavy atom. The summed E-state index contributed by atoms with van der Waals surface area (Å²) in [4.78, 5) is 20.6. The molecule has 0 spiro atoms. The maximum absolute atomic E-state index is 13.2. The van der Waals surface area contributed by atoms with Crippen LogP contribution in [0, 0.1) is 6.92 Å². The Morgan fingerprint density at radius 1 is 0.510 bits per heavy atom.